The molecule has 0 amide bonds. The van der Waals surface area contributed by atoms with Crippen molar-refractivity contribution in [3.05, 3.63) is 83.2 Å². The van der Waals surface area contributed by atoms with E-state index >= 15 is 0 Å². The molecular formula is C22H16N2. The SMILES string of the molecule is c1ccc2nc3c(cc2c1)C1CCC3c2cc3ccccc3nc21. The first-order valence-electron chi connectivity index (χ1n) is 8.68. The number of rotatable bonds is 0. The van der Waals surface area contributed by atoms with Gasteiger partial charge in [0.2, 0.25) is 0 Å². The summed E-state index contributed by atoms with van der Waals surface area (Å²) in [6.07, 6.45) is 2.38. The Labute approximate surface area is 140 Å². The average molecular weight is 308 g/mol. The number of aromatic nitrogens is 2. The van der Waals surface area contributed by atoms with Gasteiger partial charge in [0.1, 0.15) is 0 Å². The number of fused-ring (bicyclic) bond motifs is 3. The molecule has 4 aromatic rings. The lowest BCUT2D eigenvalue weighted by atomic mass is 9.67. The van der Waals surface area contributed by atoms with Gasteiger partial charge in [-0.3, -0.25) is 9.97 Å². The lowest BCUT2D eigenvalue weighted by molar-refractivity contribution is 0.500. The topological polar surface area (TPSA) is 25.8 Å². The number of hydrogen-bond acceptors (Lipinski definition) is 2. The van der Waals surface area contributed by atoms with E-state index in [0.717, 1.165) is 11.0 Å². The van der Waals surface area contributed by atoms with Crippen LogP contribution in [0.4, 0.5) is 0 Å². The maximum atomic E-state index is 5.05. The van der Waals surface area contributed by atoms with Crippen molar-refractivity contribution in [3.8, 4) is 0 Å². The number of benzene rings is 2. The molecule has 24 heavy (non-hydrogen) atoms. The summed E-state index contributed by atoms with van der Waals surface area (Å²) in [6, 6.07) is 21.6. The van der Waals surface area contributed by atoms with Crippen molar-refractivity contribution < 1.29 is 0 Å². The van der Waals surface area contributed by atoms with E-state index in [1.165, 1.54) is 46.1 Å². The monoisotopic (exact) mass is 308 g/mol. The van der Waals surface area contributed by atoms with Gasteiger partial charge in [-0.1, -0.05) is 36.4 Å². The van der Waals surface area contributed by atoms with Crippen LogP contribution in [0.5, 0.6) is 0 Å². The van der Waals surface area contributed by atoms with E-state index in [-0.39, 0.29) is 0 Å². The van der Waals surface area contributed by atoms with Gasteiger partial charge in [-0.05, 0) is 48.2 Å². The molecule has 2 unspecified atom stereocenters. The van der Waals surface area contributed by atoms with E-state index in [0.29, 0.717) is 11.8 Å². The van der Waals surface area contributed by atoms with Crippen molar-refractivity contribution in [2.75, 3.05) is 0 Å². The third-order valence-electron chi connectivity index (χ3n) is 5.72. The Kier molecular flexibility index (Phi) is 2.33. The fourth-order valence-electron chi connectivity index (χ4n) is 4.62. The summed E-state index contributed by atoms with van der Waals surface area (Å²) in [5.41, 5.74) is 7.60. The van der Waals surface area contributed by atoms with Gasteiger partial charge in [0.05, 0.1) is 22.4 Å². The fraction of sp³-hybridized carbons (Fsp3) is 0.182. The van der Waals surface area contributed by atoms with Gasteiger partial charge in [-0.15, -0.1) is 0 Å². The van der Waals surface area contributed by atoms with E-state index in [1.54, 1.807) is 0 Å². The molecule has 0 radical (unpaired) electrons. The van der Waals surface area contributed by atoms with Gasteiger partial charge in [0.25, 0.3) is 0 Å². The Bertz CT molecular complexity index is 953. The second-order valence-corrected chi connectivity index (χ2v) is 6.99. The summed E-state index contributed by atoms with van der Waals surface area (Å²) in [7, 11) is 0. The molecule has 0 N–H and O–H groups in total. The quantitative estimate of drug-likeness (QED) is 0.449. The predicted octanol–water partition coefficient (Wildman–Crippen LogP) is 5.15. The van der Waals surface area contributed by atoms with Crippen molar-refractivity contribution in [2.24, 2.45) is 0 Å². The Morgan fingerprint density at radius 3 is 1.58 bits per heavy atom. The zero-order valence-electron chi connectivity index (χ0n) is 13.2. The van der Waals surface area contributed by atoms with Gasteiger partial charge in [-0.25, -0.2) is 0 Å². The zero-order chi connectivity index (χ0) is 15.7. The van der Waals surface area contributed by atoms with E-state index < -0.39 is 0 Å². The maximum absolute atomic E-state index is 5.05. The van der Waals surface area contributed by atoms with E-state index in [4.69, 9.17) is 9.97 Å². The maximum Gasteiger partial charge on any atom is 0.0705 e. The molecule has 7 rings (SSSR count). The van der Waals surface area contributed by atoms with Gasteiger partial charge in [0, 0.05) is 22.6 Å². The normalized spacial score (nSPS) is 21.0. The molecule has 0 saturated carbocycles. The smallest absolute Gasteiger partial charge is 0.0705 e. The second kappa shape index (κ2) is 4.41. The summed E-state index contributed by atoms with van der Waals surface area (Å²) in [5.74, 6) is 0.809. The van der Waals surface area contributed by atoms with Crippen LogP contribution in [0.3, 0.4) is 0 Å². The molecule has 3 aliphatic carbocycles. The van der Waals surface area contributed by atoms with Crippen LogP contribution in [0.25, 0.3) is 21.8 Å². The van der Waals surface area contributed by atoms with Crippen molar-refractivity contribution in [2.45, 2.75) is 24.7 Å². The average Bonchev–Trinajstić information content (AvgIpc) is 2.65. The van der Waals surface area contributed by atoms with Crippen LogP contribution in [0, 0.1) is 0 Å². The summed E-state index contributed by atoms with van der Waals surface area (Å²) < 4.78 is 0. The molecule has 2 aromatic heterocycles. The molecule has 2 heterocycles. The van der Waals surface area contributed by atoms with Crippen molar-refractivity contribution >= 4 is 21.8 Å². The van der Waals surface area contributed by atoms with E-state index in [1.807, 2.05) is 0 Å². The van der Waals surface area contributed by atoms with E-state index in [9.17, 15) is 0 Å². The molecule has 0 saturated heterocycles. The van der Waals surface area contributed by atoms with Crippen LogP contribution in [0.2, 0.25) is 0 Å². The minimum atomic E-state index is 0.404. The third-order valence-corrected chi connectivity index (χ3v) is 5.72. The van der Waals surface area contributed by atoms with Gasteiger partial charge < -0.3 is 0 Å². The Hall–Kier alpha value is -2.74. The van der Waals surface area contributed by atoms with Crippen LogP contribution in [-0.2, 0) is 0 Å². The first-order valence-corrected chi connectivity index (χ1v) is 8.68. The number of nitrogens with zero attached hydrogens (tertiary/aromatic N) is 2. The van der Waals surface area contributed by atoms with E-state index in [2.05, 4.69) is 60.7 Å². The van der Waals surface area contributed by atoms with Crippen LogP contribution in [0.1, 0.15) is 47.2 Å². The predicted molar refractivity (Wildman–Crippen MR) is 96.4 cm³/mol. The first kappa shape index (κ1) is 12.7. The first-order chi connectivity index (χ1) is 11.9. The highest BCUT2D eigenvalue weighted by atomic mass is 14.8. The molecular weight excluding hydrogens is 292 g/mol. The Morgan fingerprint density at radius 1 is 0.625 bits per heavy atom. The Morgan fingerprint density at radius 2 is 1.08 bits per heavy atom. The molecule has 2 aromatic carbocycles. The minimum Gasteiger partial charge on any atom is -0.252 e. The lowest BCUT2D eigenvalue weighted by Crippen LogP contribution is -2.27. The highest BCUT2D eigenvalue weighted by molar-refractivity contribution is 5.83. The van der Waals surface area contributed by atoms with Crippen LogP contribution < -0.4 is 0 Å². The second-order valence-electron chi connectivity index (χ2n) is 6.99. The molecule has 0 fully saturated rings. The van der Waals surface area contributed by atoms with Crippen molar-refractivity contribution in [1.29, 1.82) is 0 Å². The van der Waals surface area contributed by atoms with Gasteiger partial charge in [0.15, 0.2) is 0 Å². The molecule has 3 aliphatic rings. The molecule has 2 atom stereocenters. The molecule has 114 valence electrons. The highest BCUT2D eigenvalue weighted by Crippen LogP contribution is 2.52. The third kappa shape index (κ3) is 1.56. The summed E-state index contributed by atoms with van der Waals surface area (Å²) in [4.78, 5) is 10.1. The van der Waals surface area contributed by atoms with Gasteiger partial charge >= 0.3 is 0 Å². The molecule has 2 heteroatoms. The van der Waals surface area contributed by atoms with Crippen LogP contribution in [0.15, 0.2) is 60.7 Å². The number of hydrogen-bond donors (Lipinski definition) is 0. The highest BCUT2D eigenvalue weighted by Gasteiger charge is 2.39. The van der Waals surface area contributed by atoms with Crippen LogP contribution >= 0.6 is 0 Å². The summed E-state index contributed by atoms with van der Waals surface area (Å²) in [5, 5.41) is 2.48. The molecule has 2 bridgehead atoms. The van der Waals surface area contributed by atoms with Crippen molar-refractivity contribution in [3.63, 3.8) is 0 Å². The largest absolute Gasteiger partial charge is 0.252 e. The van der Waals surface area contributed by atoms with Crippen molar-refractivity contribution in [1.82, 2.24) is 9.97 Å². The standard InChI is InChI=1S/C22H16N2/c1-3-7-19-13(5-1)11-17-15-9-10-16(21(17)23-19)18-12-14-6-2-4-8-20(14)24-22(15)18/h1-8,11-12,15-16H,9-10H2. The molecule has 0 aliphatic heterocycles. The number of para-hydroxylation sites is 2. The zero-order valence-corrected chi connectivity index (χ0v) is 13.2. The summed E-state index contributed by atoms with van der Waals surface area (Å²) >= 11 is 0. The minimum absolute atomic E-state index is 0.404. The van der Waals surface area contributed by atoms with Crippen LogP contribution in [-0.4, -0.2) is 9.97 Å². The molecule has 2 nitrogen and oxygen atoms in total. The molecule has 0 spiro atoms. The Balaban J connectivity index is 1.67. The fourth-order valence-corrected chi connectivity index (χ4v) is 4.62. The van der Waals surface area contributed by atoms with Gasteiger partial charge in [-0.2, -0.15) is 0 Å². The summed E-state index contributed by atoms with van der Waals surface area (Å²) in [6.45, 7) is 0. The number of pyridine rings is 2. The lowest BCUT2D eigenvalue weighted by Gasteiger charge is -2.38.